The summed E-state index contributed by atoms with van der Waals surface area (Å²) in [5.74, 6) is 3.97. The summed E-state index contributed by atoms with van der Waals surface area (Å²) >= 11 is 0. The molecule has 108 heavy (non-hydrogen) atoms. The van der Waals surface area contributed by atoms with Crippen LogP contribution in [0.25, 0.3) is 33.1 Å². The molecular weight excluding hydrogens is 1370 g/mol. The summed E-state index contributed by atoms with van der Waals surface area (Å²) in [7, 11) is 6.18. The third-order valence-corrected chi connectivity index (χ3v) is 23.5. The van der Waals surface area contributed by atoms with Gasteiger partial charge in [-0.15, -0.1) is 0 Å². The zero-order valence-electron chi connectivity index (χ0n) is 63.4. The number of carbonyl (C=O) groups is 5. The molecule has 10 aromatic rings. The Hall–Kier alpha value is -10.5. The Labute approximate surface area is 628 Å². The lowest BCUT2D eigenvalue weighted by Gasteiger charge is -2.34. The first-order valence-corrected chi connectivity index (χ1v) is 38.4. The smallest absolute Gasteiger partial charge is 0.414 e. The van der Waals surface area contributed by atoms with Crippen LogP contribution in [0.5, 0.6) is 0 Å². The highest BCUT2D eigenvalue weighted by molar-refractivity contribution is 5.98. The van der Waals surface area contributed by atoms with Crippen molar-refractivity contribution < 1.29 is 42.6 Å². The predicted octanol–water partition coefficient (Wildman–Crippen LogP) is 14.7. The predicted molar refractivity (Wildman–Crippen MR) is 415 cm³/mol. The average Bonchev–Trinajstić information content (AvgIpc) is 1.58. The number of ether oxygens (including phenoxy) is 3. The van der Waals surface area contributed by atoms with Gasteiger partial charge in [-0.1, -0.05) is 42.5 Å². The van der Waals surface area contributed by atoms with Crippen molar-refractivity contribution in [2.75, 3.05) is 47.9 Å². The van der Waals surface area contributed by atoms with Crippen molar-refractivity contribution in [2.24, 2.45) is 24.8 Å². The summed E-state index contributed by atoms with van der Waals surface area (Å²) in [6, 6.07) is 36.0. The van der Waals surface area contributed by atoms with E-state index in [4.69, 9.17) is 29.2 Å². The van der Waals surface area contributed by atoms with Gasteiger partial charge < -0.3 is 43.1 Å². The minimum absolute atomic E-state index is 0.0101. The molecule has 23 nitrogen and oxygen atoms in total. The molecule has 3 atom stereocenters. The molecule has 2 N–H and O–H groups in total. The quantitative estimate of drug-likeness (QED) is 0.0676. The van der Waals surface area contributed by atoms with Gasteiger partial charge in [-0.2, -0.15) is 5.10 Å². The van der Waals surface area contributed by atoms with Crippen LogP contribution in [0.4, 0.5) is 41.5 Å². The van der Waals surface area contributed by atoms with E-state index in [2.05, 4.69) is 78.8 Å². The fraction of sp³-hybridized carbons (Fsp3) is 0.452. The maximum atomic E-state index is 14.8. The molecule has 2 bridgehead atoms. The number of hydrogen-bond donors (Lipinski definition) is 2. The molecule has 3 aliphatic carbocycles. The summed E-state index contributed by atoms with van der Waals surface area (Å²) in [4.78, 5) is 94.2. The summed E-state index contributed by atoms with van der Waals surface area (Å²) in [6.45, 7) is 11.9. The number of nitrogens with zero attached hydrogens (tertiary/aromatic N) is 12. The minimum Gasteiger partial charge on any atom is -0.452 e. The molecule has 5 aromatic carbocycles. The monoisotopic (exact) mass is 1470 g/mol. The zero-order chi connectivity index (χ0) is 75.6. The highest BCUT2D eigenvalue weighted by Gasteiger charge is 2.45. The van der Waals surface area contributed by atoms with E-state index in [1.165, 1.54) is 82.5 Å². The van der Waals surface area contributed by atoms with Crippen molar-refractivity contribution in [3.63, 3.8) is 0 Å². The second-order valence-electron chi connectivity index (χ2n) is 30.2. The van der Waals surface area contributed by atoms with E-state index in [0.29, 0.717) is 32.0 Å². The fourth-order valence-corrected chi connectivity index (χ4v) is 18.1. The van der Waals surface area contributed by atoms with E-state index in [1.807, 2.05) is 68.4 Å². The topological polar surface area (TPSA) is 240 Å². The van der Waals surface area contributed by atoms with Crippen molar-refractivity contribution in [3.8, 4) is 0 Å². The van der Waals surface area contributed by atoms with E-state index >= 15 is 0 Å². The van der Waals surface area contributed by atoms with Crippen LogP contribution < -0.4 is 30.9 Å². The number of hydrogen-bond acceptors (Lipinski definition) is 14. The summed E-state index contributed by atoms with van der Waals surface area (Å²) < 4.78 is 40.7. The number of amides is 4. The Morgan fingerprint density at radius 3 is 1.58 bits per heavy atom. The molecule has 5 aromatic heterocycles. The number of benzene rings is 5. The molecule has 6 aliphatic rings. The molecule has 24 heteroatoms. The SMILES string of the molecule is COC(=O)N1c2ccc3c(nc(CCn4ccccc4=O)n3CCNCc3ccn(C)n3)c2CC[C@@H]1C.COC(=O)N1c2ccc3c(nc(Cc4ccc(NC(C)=O)c(F)c4)n3C3CCC(C(C)=O)CC3)c2CC[C@@H]1C.COC(=O)N1c2ccc3c(nc(Cc4ccccc4)n3C3C4CCC3CC4)c2CC[C@@H]1C. The van der Waals surface area contributed by atoms with Gasteiger partial charge in [-0.3, -0.25) is 33.8 Å². The Kier molecular flexibility index (Phi) is 22.1. The van der Waals surface area contributed by atoms with E-state index < -0.39 is 5.82 Å². The van der Waals surface area contributed by atoms with E-state index in [-0.39, 0.29) is 71.3 Å². The Morgan fingerprint density at radius 1 is 0.546 bits per heavy atom. The first kappa shape index (κ1) is 74.4. The number of carbonyl (C=O) groups excluding carboxylic acids is 5. The summed E-state index contributed by atoms with van der Waals surface area (Å²) in [5, 5.41) is 10.4. The highest BCUT2D eigenvalue weighted by atomic mass is 19.1. The van der Waals surface area contributed by atoms with Gasteiger partial charge in [0.05, 0.1) is 82.9 Å². The standard InChI is InChI=1S/C30H35FN4O4.C27H33N7O3.C27H31N3O2/c1-17-5-11-23-26(34(17)30(38)39-4)13-14-27-29(23)33-28(35(27)22-9-7-21(8-10-22)18(2)36)16-20-6-12-25(24(31)15-20)32-19(3)37;1-19-7-8-21-22(34(19)27(36)37-3)9-10-23-26(21)29-24(12-16-32-14-5-4-6-25(32)35)33(23)17-13-28-18-20-11-15-31(2)30-20;1-17-8-13-21-22(29(17)27(31)32-2)14-15-23-25(21)28-24(16-18-6-4-3-5-7-18)30(23)26-19-9-10-20(26)12-11-19/h6,12-15,17,21-22H,5,7-11,16H2,1-4H3,(H,32,37);4-6,9-11,14-15,19,28H,7-8,12-13,16-18H2,1-3H3;3-7,14-15,17,19-20,26H,8-13,16H2,1-2H3/t17-,21?,22?;19-;17-,19?,20?,26?/m000/s1. The summed E-state index contributed by atoms with van der Waals surface area (Å²) in [5.41, 5.74) is 15.2. The number of aryl methyl sites for hydroxylation is 6. The van der Waals surface area contributed by atoms with Gasteiger partial charge in [0, 0.05) is 131 Å². The molecule has 16 rings (SSSR count). The van der Waals surface area contributed by atoms with E-state index in [1.54, 1.807) is 56.4 Å². The molecule has 4 amide bonds. The third-order valence-electron chi connectivity index (χ3n) is 23.5. The lowest BCUT2D eigenvalue weighted by Crippen LogP contribution is -2.42. The number of halogens is 1. The number of anilines is 4. The molecule has 8 heterocycles. The normalized spacial score (nSPS) is 20.6. The molecule has 0 radical (unpaired) electrons. The van der Waals surface area contributed by atoms with Crippen LogP contribution in [-0.2, 0) is 89.0 Å². The fourth-order valence-electron chi connectivity index (χ4n) is 18.1. The van der Waals surface area contributed by atoms with Crippen LogP contribution in [0.2, 0.25) is 0 Å². The van der Waals surface area contributed by atoms with Gasteiger partial charge in [-0.25, -0.2) is 33.7 Å². The van der Waals surface area contributed by atoms with Crippen molar-refractivity contribution in [2.45, 2.75) is 194 Å². The zero-order valence-corrected chi connectivity index (χ0v) is 63.4. The van der Waals surface area contributed by atoms with Crippen LogP contribution >= 0.6 is 0 Å². The van der Waals surface area contributed by atoms with Gasteiger partial charge >= 0.3 is 18.3 Å². The molecule has 0 saturated heterocycles. The molecule has 3 aliphatic heterocycles. The molecule has 0 unspecified atom stereocenters. The van der Waals surface area contributed by atoms with Crippen LogP contribution in [0.15, 0.2) is 126 Å². The number of aromatic nitrogens is 9. The molecule has 566 valence electrons. The largest absolute Gasteiger partial charge is 0.452 e. The number of pyridine rings is 1. The van der Waals surface area contributed by atoms with Crippen molar-refractivity contribution in [3.05, 3.63) is 189 Å². The van der Waals surface area contributed by atoms with Gasteiger partial charge in [0.15, 0.2) is 0 Å². The summed E-state index contributed by atoms with van der Waals surface area (Å²) in [6.07, 6.45) is 18.5. The first-order chi connectivity index (χ1) is 52.3. The minimum atomic E-state index is -0.493. The van der Waals surface area contributed by atoms with Crippen molar-refractivity contribution in [1.82, 2.24) is 48.3 Å². The number of rotatable bonds is 16. The number of methoxy groups -OCH3 is 3. The highest BCUT2D eigenvalue weighted by Crippen LogP contribution is 2.54. The van der Waals surface area contributed by atoms with Gasteiger partial charge in [-0.05, 0) is 201 Å². The Morgan fingerprint density at radius 2 is 1.06 bits per heavy atom. The van der Waals surface area contributed by atoms with Crippen LogP contribution in [0.3, 0.4) is 0 Å². The second-order valence-corrected chi connectivity index (χ2v) is 30.2. The van der Waals surface area contributed by atoms with Crippen LogP contribution in [0.1, 0.15) is 168 Å². The number of fused-ring (bicyclic) bond motifs is 11. The van der Waals surface area contributed by atoms with Gasteiger partial charge in [0.25, 0.3) is 5.56 Å². The van der Waals surface area contributed by atoms with Crippen LogP contribution in [-0.4, -0.2) is 119 Å². The maximum Gasteiger partial charge on any atom is 0.414 e. The third kappa shape index (κ3) is 15.0. The van der Waals surface area contributed by atoms with Crippen molar-refractivity contribution in [1.29, 1.82) is 0 Å². The number of ketones is 1. The number of Topliss-reactive ketones (excluding diaryl/α,β-unsaturated/α-hetero) is 1. The molecular formula is C84H99FN14O9. The van der Waals surface area contributed by atoms with Gasteiger partial charge in [0.2, 0.25) is 5.91 Å². The maximum absolute atomic E-state index is 14.8. The van der Waals surface area contributed by atoms with Gasteiger partial charge in [0.1, 0.15) is 29.1 Å². The van der Waals surface area contributed by atoms with E-state index in [9.17, 15) is 33.2 Å². The molecule has 3 fully saturated rings. The Bertz CT molecular complexity index is 5050. The van der Waals surface area contributed by atoms with Crippen LogP contribution in [0, 0.1) is 23.6 Å². The Balaban J connectivity index is 0.000000136. The lowest BCUT2D eigenvalue weighted by atomic mass is 9.83. The molecule has 0 spiro atoms. The number of nitrogens with one attached hydrogen (secondary N) is 2. The average molecular weight is 1470 g/mol. The number of imidazole rings is 3. The lowest BCUT2D eigenvalue weighted by molar-refractivity contribution is -0.121. The second kappa shape index (κ2) is 32.1. The van der Waals surface area contributed by atoms with Crippen molar-refractivity contribution >= 4 is 85.8 Å². The van der Waals surface area contributed by atoms with E-state index in [0.717, 1.165) is 174 Å². The molecule has 3 saturated carbocycles. The first-order valence-electron chi connectivity index (χ1n) is 38.4.